The average molecular weight is 541 g/mol. The van der Waals surface area contributed by atoms with Gasteiger partial charge in [0.1, 0.15) is 0 Å². The molecule has 4 N–H and O–H groups in total. The number of aliphatic hydroxyl groups is 1. The van der Waals surface area contributed by atoms with Gasteiger partial charge in [-0.15, -0.1) is 0 Å². The summed E-state index contributed by atoms with van der Waals surface area (Å²) in [7, 11) is 0. The molecule has 0 fully saturated rings. The topological polar surface area (TPSA) is 108 Å². The molecular formula is C33H40N4O3. The second-order valence-electron chi connectivity index (χ2n) is 10.6. The molecule has 1 aliphatic carbocycles. The van der Waals surface area contributed by atoms with Gasteiger partial charge in [0.15, 0.2) is 5.96 Å². The molecule has 0 aromatic heterocycles. The van der Waals surface area contributed by atoms with Crippen LogP contribution in [0.5, 0.6) is 0 Å². The fraction of sp³-hybridized carbons (Fsp3) is 0.364. The lowest BCUT2D eigenvalue weighted by molar-refractivity contribution is -0.131. The second kappa shape index (κ2) is 12.5. The Labute approximate surface area is 237 Å². The highest BCUT2D eigenvalue weighted by atomic mass is 16.3. The molecule has 0 saturated heterocycles. The van der Waals surface area contributed by atoms with Gasteiger partial charge in [0.05, 0.1) is 30.1 Å². The first kappa shape index (κ1) is 29.0. The van der Waals surface area contributed by atoms with E-state index in [1.54, 1.807) is 17.0 Å². The first-order chi connectivity index (χ1) is 19.2. The van der Waals surface area contributed by atoms with E-state index in [2.05, 4.69) is 18.8 Å². The minimum atomic E-state index is -0.699. The molecule has 7 nitrogen and oxygen atoms in total. The molecule has 0 radical (unpaired) electrons. The number of aliphatic hydroxyl groups excluding tert-OH is 1. The zero-order valence-corrected chi connectivity index (χ0v) is 23.6. The van der Waals surface area contributed by atoms with Crippen molar-refractivity contribution in [2.75, 3.05) is 0 Å². The summed E-state index contributed by atoms with van der Waals surface area (Å²) in [6.45, 7) is 9.70. The van der Waals surface area contributed by atoms with Gasteiger partial charge < -0.3 is 16.2 Å². The summed E-state index contributed by atoms with van der Waals surface area (Å²) in [6, 6.07) is 16.3. The summed E-state index contributed by atoms with van der Waals surface area (Å²) < 4.78 is 0. The van der Waals surface area contributed by atoms with Gasteiger partial charge in [0, 0.05) is 12.0 Å². The Morgan fingerprint density at radius 3 is 2.65 bits per heavy atom. The van der Waals surface area contributed by atoms with Crippen LogP contribution in [0, 0.1) is 0 Å². The zero-order valence-electron chi connectivity index (χ0n) is 23.6. The van der Waals surface area contributed by atoms with Crippen molar-refractivity contribution in [3.63, 3.8) is 0 Å². The van der Waals surface area contributed by atoms with Crippen LogP contribution in [0.3, 0.4) is 0 Å². The number of aliphatic imine (C=N–C) groups is 1. The van der Waals surface area contributed by atoms with E-state index in [1.807, 2.05) is 74.5 Å². The Kier molecular flexibility index (Phi) is 9.05. The van der Waals surface area contributed by atoms with Gasteiger partial charge in [-0.2, -0.15) is 0 Å². The SMILES string of the molecule is C=C/C=C\C1=C(C)[C@@H](NC(=O)c2cccc([C@@H](CCC)N3C(=O)C[C@@](CC)(c4ccccc4)N=C3N)c2)[C@H](O)C1. The van der Waals surface area contributed by atoms with E-state index >= 15 is 0 Å². The third-order valence-corrected chi connectivity index (χ3v) is 8.10. The smallest absolute Gasteiger partial charge is 0.251 e. The number of carbonyl (C=O) groups is 2. The lowest BCUT2D eigenvalue weighted by atomic mass is 9.82. The fourth-order valence-electron chi connectivity index (χ4n) is 5.84. The van der Waals surface area contributed by atoms with Crippen LogP contribution in [-0.2, 0) is 10.3 Å². The molecule has 0 bridgehead atoms. The van der Waals surface area contributed by atoms with Crippen LogP contribution in [0.4, 0.5) is 0 Å². The van der Waals surface area contributed by atoms with Gasteiger partial charge in [-0.3, -0.25) is 14.5 Å². The third kappa shape index (κ3) is 5.80. The van der Waals surface area contributed by atoms with E-state index in [4.69, 9.17) is 10.7 Å². The number of carbonyl (C=O) groups excluding carboxylic acids is 2. The number of allylic oxidation sites excluding steroid dienone is 3. The maximum absolute atomic E-state index is 13.7. The van der Waals surface area contributed by atoms with E-state index < -0.39 is 17.7 Å². The van der Waals surface area contributed by atoms with Crippen molar-refractivity contribution in [1.29, 1.82) is 0 Å². The number of nitrogens with one attached hydrogen (secondary N) is 1. The Morgan fingerprint density at radius 1 is 1.25 bits per heavy atom. The van der Waals surface area contributed by atoms with E-state index in [0.29, 0.717) is 24.8 Å². The summed E-state index contributed by atoms with van der Waals surface area (Å²) in [5, 5.41) is 13.6. The highest BCUT2D eigenvalue weighted by Gasteiger charge is 2.42. The number of benzene rings is 2. The molecule has 7 heteroatoms. The van der Waals surface area contributed by atoms with Crippen molar-refractivity contribution >= 4 is 17.8 Å². The number of guanidine groups is 1. The summed E-state index contributed by atoms with van der Waals surface area (Å²) in [5.74, 6) is -0.165. The minimum Gasteiger partial charge on any atom is -0.390 e. The maximum atomic E-state index is 13.7. The monoisotopic (exact) mass is 540 g/mol. The van der Waals surface area contributed by atoms with Crippen molar-refractivity contribution < 1.29 is 14.7 Å². The van der Waals surface area contributed by atoms with Crippen LogP contribution in [-0.4, -0.2) is 39.9 Å². The molecule has 4 atom stereocenters. The van der Waals surface area contributed by atoms with Gasteiger partial charge in [-0.1, -0.05) is 87.5 Å². The molecule has 1 aliphatic heterocycles. The Morgan fingerprint density at radius 2 is 2.00 bits per heavy atom. The number of nitrogens with two attached hydrogens (primary N) is 1. The van der Waals surface area contributed by atoms with E-state index in [-0.39, 0.29) is 30.2 Å². The maximum Gasteiger partial charge on any atom is 0.251 e. The lowest BCUT2D eigenvalue weighted by Crippen LogP contribution is -2.51. The third-order valence-electron chi connectivity index (χ3n) is 8.10. The van der Waals surface area contributed by atoms with Gasteiger partial charge in [-0.05, 0) is 54.2 Å². The molecule has 0 spiro atoms. The highest BCUT2D eigenvalue weighted by molar-refractivity contribution is 6.00. The quantitative estimate of drug-likeness (QED) is 0.355. The Hall–Kier alpha value is -3.97. The molecule has 2 aromatic rings. The molecule has 40 heavy (non-hydrogen) atoms. The van der Waals surface area contributed by atoms with Gasteiger partial charge >= 0.3 is 0 Å². The molecular weight excluding hydrogens is 500 g/mol. The molecule has 2 amide bonds. The highest BCUT2D eigenvalue weighted by Crippen LogP contribution is 2.39. The fourth-order valence-corrected chi connectivity index (χ4v) is 5.84. The van der Waals surface area contributed by atoms with Crippen LogP contribution >= 0.6 is 0 Å². The molecule has 0 saturated carbocycles. The largest absolute Gasteiger partial charge is 0.390 e. The second-order valence-corrected chi connectivity index (χ2v) is 10.6. The summed E-state index contributed by atoms with van der Waals surface area (Å²) in [6.07, 6.45) is 7.56. The van der Waals surface area contributed by atoms with Crippen LogP contribution < -0.4 is 11.1 Å². The number of amides is 2. The number of hydrogen-bond donors (Lipinski definition) is 3. The van der Waals surface area contributed by atoms with Gasteiger partial charge in [0.25, 0.3) is 5.91 Å². The molecule has 210 valence electrons. The van der Waals surface area contributed by atoms with Gasteiger partial charge in [-0.25, -0.2) is 4.99 Å². The van der Waals surface area contributed by atoms with E-state index in [0.717, 1.165) is 28.7 Å². The van der Waals surface area contributed by atoms with Gasteiger partial charge in [0.2, 0.25) is 5.91 Å². The number of nitrogens with zero attached hydrogens (tertiary/aromatic N) is 2. The van der Waals surface area contributed by atoms with E-state index in [1.165, 1.54) is 0 Å². The predicted molar refractivity (Wildman–Crippen MR) is 160 cm³/mol. The van der Waals surface area contributed by atoms with Crippen molar-refractivity contribution in [2.45, 2.75) is 76.6 Å². The van der Waals surface area contributed by atoms with Crippen molar-refractivity contribution in [3.05, 3.63) is 107 Å². The molecule has 1 heterocycles. The van der Waals surface area contributed by atoms with E-state index in [9.17, 15) is 14.7 Å². The van der Waals surface area contributed by atoms with Crippen molar-refractivity contribution in [3.8, 4) is 0 Å². The Balaban J connectivity index is 1.61. The molecule has 2 aromatic carbocycles. The Bertz CT molecular complexity index is 1350. The zero-order chi connectivity index (χ0) is 28.9. The van der Waals surface area contributed by atoms with Crippen LogP contribution in [0.15, 0.2) is 95.5 Å². The minimum absolute atomic E-state index is 0.0820. The molecule has 2 aliphatic rings. The summed E-state index contributed by atoms with van der Waals surface area (Å²) in [5.41, 5.74) is 10.0. The summed E-state index contributed by atoms with van der Waals surface area (Å²) >= 11 is 0. The van der Waals surface area contributed by atoms with Crippen molar-refractivity contribution in [1.82, 2.24) is 10.2 Å². The average Bonchev–Trinajstić information content (AvgIpc) is 3.23. The first-order valence-corrected chi connectivity index (χ1v) is 14.0. The normalized spacial score (nSPS) is 23.9. The van der Waals surface area contributed by atoms with Crippen LogP contribution in [0.2, 0.25) is 0 Å². The van der Waals surface area contributed by atoms with Crippen LogP contribution in [0.25, 0.3) is 0 Å². The lowest BCUT2D eigenvalue weighted by Gasteiger charge is -2.40. The predicted octanol–water partition coefficient (Wildman–Crippen LogP) is 5.30. The number of rotatable bonds is 10. The number of hydrogen-bond acceptors (Lipinski definition) is 5. The summed E-state index contributed by atoms with van der Waals surface area (Å²) in [4.78, 5) is 33.5. The van der Waals surface area contributed by atoms with Crippen molar-refractivity contribution in [2.24, 2.45) is 10.7 Å². The molecule has 4 rings (SSSR count). The molecule has 0 unspecified atom stereocenters. The standard InChI is InChI=1S/C33H40N4O3/c1-5-8-14-23-20-28(38)30(22(23)4)35-31(40)25-16-12-15-24(19-25)27(13-6-2)37-29(39)21-33(7-3,36-32(37)34)26-17-10-9-11-18-26/h5,8-12,14-19,27-28,30,38H,1,6-7,13,20-21H2,2-4H3,(H2,34,36)(H,35,40)/b14-8-/t27-,28-,30-,33+/m1/s1. The first-order valence-electron chi connectivity index (χ1n) is 14.0. The van der Waals surface area contributed by atoms with Crippen LogP contribution in [0.1, 0.15) is 80.4 Å².